The molecule has 1 aromatic carbocycles. The molecule has 0 bridgehead atoms. The van der Waals surface area contributed by atoms with Crippen LogP contribution in [0.25, 0.3) is 0 Å². The average molecular weight is 682 g/mol. The highest BCUT2D eigenvalue weighted by Gasteiger charge is 2.42. The van der Waals surface area contributed by atoms with Crippen LogP contribution in [0.3, 0.4) is 0 Å². The SMILES string of the molecule is CCCCCCCCC#CCCCCCCCC(=O)Oc1c2n(cc(C(=O)NCc3ccc(F)cc3F)c1=O)C[C@@H]1OCC[C@@H](C)N1C2=O. The summed E-state index contributed by atoms with van der Waals surface area (Å²) in [7, 11) is 0. The summed E-state index contributed by atoms with van der Waals surface area (Å²) in [6.07, 6.45) is 15.0. The highest BCUT2D eigenvalue weighted by atomic mass is 19.1. The van der Waals surface area contributed by atoms with Crippen LogP contribution in [0.2, 0.25) is 0 Å². The maximum absolute atomic E-state index is 14.2. The summed E-state index contributed by atoms with van der Waals surface area (Å²) >= 11 is 0. The van der Waals surface area contributed by atoms with Gasteiger partial charge < -0.3 is 24.3 Å². The lowest BCUT2D eigenvalue weighted by Gasteiger charge is -2.44. The lowest BCUT2D eigenvalue weighted by Crippen LogP contribution is -2.57. The Balaban J connectivity index is 1.34. The maximum atomic E-state index is 14.2. The van der Waals surface area contributed by atoms with Crippen LogP contribution in [-0.2, 0) is 22.6 Å². The molecule has 2 aliphatic rings. The van der Waals surface area contributed by atoms with Crippen molar-refractivity contribution in [2.75, 3.05) is 6.61 Å². The summed E-state index contributed by atoms with van der Waals surface area (Å²) in [4.78, 5) is 55.1. The van der Waals surface area contributed by atoms with Crippen molar-refractivity contribution in [1.82, 2.24) is 14.8 Å². The van der Waals surface area contributed by atoms with Gasteiger partial charge in [0.25, 0.3) is 11.8 Å². The Labute approximate surface area is 287 Å². The van der Waals surface area contributed by atoms with E-state index in [1.165, 1.54) is 60.3 Å². The third kappa shape index (κ3) is 10.7. The topological polar surface area (TPSA) is 107 Å². The van der Waals surface area contributed by atoms with E-state index in [2.05, 4.69) is 24.1 Å². The predicted octanol–water partition coefficient (Wildman–Crippen LogP) is 7.04. The number of unbranched alkanes of at least 4 members (excludes halogenated alkanes) is 11. The Morgan fingerprint density at radius 3 is 2.35 bits per heavy atom. The Morgan fingerprint density at radius 1 is 0.980 bits per heavy atom. The summed E-state index contributed by atoms with van der Waals surface area (Å²) in [5.41, 5.74) is -1.40. The summed E-state index contributed by atoms with van der Waals surface area (Å²) in [5, 5.41) is 2.47. The molecule has 0 aliphatic carbocycles. The summed E-state index contributed by atoms with van der Waals surface area (Å²) in [6, 6.07) is 2.78. The fraction of sp³-hybridized carbons (Fsp3) is 0.579. The Bertz CT molecular complexity index is 1580. The van der Waals surface area contributed by atoms with Gasteiger partial charge in [0.1, 0.15) is 17.2 Å². The highest BCUT2D eigenvalue weighted by molar-refractivity contribution is 6.00. The van der Waals surface area contributed by atoms with Crippen LogP contribution in [0, 0.1) is 23.5 Å². The minimum absolute atomic E-state index is 0.0197. The Hall–Kier alpha value is -4.04. The third-order valence-electron chi connectivity index (χ3n) is 9.04. The summed E-state index contributed by atoms with van der Waals surface area (Å²) in [6.45, 7) is 4.34. The molecule has 3 heterocycles. The predicted molar refractivity (Wildman–Crippen MR) is 182 cm³/mol. The van der Waals surface area contributed by atoms with Gasteiger partial charge in [0.05, 0.1) is 13.2 Å². The molecule has 1 aromatic heterocycles. The number of benzene rings is 1. The van der Waals surface area contributed by atoms with Crippen molar-refractivity contribution in [2.24, 2.45) is 0 Å². The largest absolute Gasteiger partial charge is 0.420 e. The zero-order valence-corrected chi connectivity index (χ0v) is 28.8. The quantitative estimate of drug-likeness (QED) is 0.109. The molecular weight excluding hydrogens is 632 g/mol. The lowest BCUT2D eigenvalue weighted by atomic mass is 10.1. The first-order valence-corrected chi connectivity index (χ1v) is 17.8. The molecule has 0 spiro atoms. The van der Waals surface area contributed by atoms with Crippen molar-refractivity contribution in [2.45, 2.75) is 136 Å². The van der Waals surface area contributed by atoms with Gasteiger partial charge >= 0.3 is 5.97 Å². The number of carbonyl (C=O) groups is 3. The van der Waals surface area contributed by atoms with Gasteiger partial charge in [-0.25, -0.2) is 8.78 Å². The molecule has 4 rings (SSSR count). The molecule has 1 saturated heterocycles. The number of pyridine rings is 1. The van der Waals surface area contributed by atoms with Crippen LogP contribution in [0.15, 0.2) is 29.2 Å². The van der Waals surface area contributed by atoms with Crippen LogP contribution in [0.4, 0.5) is 8.78 Å². The molecule has 2 aliphatic heterocycles. The molecule has 0 radical (unpaired) electrons. The minimum atomic E-state index is -0.924. The summed E-state index contributed by atoms with van der Waals surface area (Å²) in [5.74, 6) is 2.34. The normalized spacial score (nSPS) is 16.7. The number of hydrogen-bond acceptors (Lipinski definition) is 6. The first kappa shape index (κ1) is 37.8. The van der Waals surface area contributed by atoms with Crippen molar-refractivity contribution in [1.29, 1.82) is 0 Å². The number of nitrogens with one attached hydrogen (secondary N) is 1. The van der Waals surface area contributed by atoms with Crippen molar-refractivity contribution in [3.63, 3.8) is 0 Å². The zero-order valence-electron chi connectivity index (χ0n) is 28.8. The van der Waals surface area contributed by atoms with Crippen LogP contribution in [-0.4, -0.2) is 46.1 Å². The molecule has 1 N–H and O–H groups in total. The molecule has 49 heavy (non-hydrogen) atoms. The number of nitrogens with zero attached hydrogens (tertiary/aromatic N) is 2. The number of rotatable bonds is 17. The van der Waals surface area contributed by atoms with E-state index in [0.717, 1.165) is 44.6 Å². The molecule has 0 unspecified atom stereocenters. The lowest BCUT2D eigenvalue weighted by molar-refractivity contribution is -0.134. The number of hydrogen-bond donors (Lipinski definition) is 1. The second-order valence-corrected chi connectivity index (χ2v) is 12.9. The number of ether oxygens (including phenoxy) is 2. The van der Waals surface area contributed by atoms with Gasteiger partial charge in [-0.2, -0.15) is 0 Å². The van der Waals surface area contributed by atoms with Gasteiger partial charge in [-0.3, -0.25) is 19.2 Å². The number of carbonyl (C=O) groups excluding carboxylic acids is 3. The van der Waals surface area contributed by atoms with Gasteiger partial charge in [-0.15, -0.1) is 11.8 Å². The smallest absolute Gasteiger partial charge is 0.311 e. The fourth-order valence-corrected chi connectivity index (χ4v) is 6.18. The van der Waals surface area contributed by atoms with Crippen LogP contribution >= 0.6 is 0 Å². The van der Waals surface area contributed by atoms with Gasteiger partial charge in [-0.05, 0) is 38.7 Å². The zero-order chi connectivity index (χ0) is 35.2. The van der Waals surface area contributed by atoms with Gasteiger partial charge in [0.2, 0.25) is 11.2 Å². The average Bonchev–Trinajstić information content (AvgIpc) is 3.07. The van der Waals surface area contributed by atoms with E-state index in [1.807, 2.05) is 6.92 Å². The Morgan fingerprint density at radius 2 is 1.65 bits per heavy atom. The van der Waals surface area contributed by atoms with E-state index in [1.54, 1.807) is 0 Å². The number of fused-ring (bicyclic) bond motifs is 2. The van der Waals surface area contributed by atoms with Crippen LogP contribution < -0.4 is 15.5 Å². The van der Waals surface area contributed by atoms with E-state index in [-0.39, 0.29) is 42.4 Å². The van der Waals surface area contributed by atoms with E-state index in [0.29, 0.717) is 25.5 Å². The second kappa shape index (κ2) is 19.2. The maximum Gasteiger partial charge on any atom is 0.311 e. The van der Waals surface area contributed by atoms with E-state index >= 15 is 0 Å². The molecule has 0 saturated carbocycles. The monoisotopic (exact) mass is 681 g/mol. The van der Waals surface area contributed by atoms with Crippen LogP contribution in [0.5, 0.6) is 5.75 Å². The number of halogens is 2. The third-order valence-corrected chi connectivity index (χ3v) is 9.04. The van der Waals surface area contributed by atoms with Gasteiger partial charge in [0.15, 0.2) is 11.9 Å². The van der Waals surface area contributed by atoms with Gasteiger partial charge in [-0.1, -0.05) is 64.4 Å². The Kier molecular flexibility index (Phi) is 14.8. The van der Waals surface area contributed by atoms with E-state index in [4.69, 9.17) is 9.47 Å². The van der Waals surface area contributed by atoms with Gasteiger partial charge in [0, 0.05) is 49.7 Å². The molecule has 9 nitrogen and oxygen atoms in total. The molecular formula is C38H49F2N3O6. The first-order chi connectivity index (χ1) is 23.7. The van der Waals surface area contributed by atoms with Crippen molar-refractivity contribution in [3.8, 4) is 17.6 Å². The highest BCUT2D eigenvalue weighted by Crippen LogP contribution is 2.30. The standard InChI is InChI=1S/C38H49F2N3O6/c1-3-4-5-6-7-8-9-10-11-12-13-14-15-16-17-18-33(44)49-36-34-38(47)43-27(2)21-22-48-32(43)26-42(34)25-30(35(36)45)37(46)41-24-28-19-20-29(39)23-31(28)40/h19-20,23,25,27,32H,3-9,12-18,21-22,24,26H2,1-2H3,(H,41,46)/t27-,32+/m1/s1. The minimum Gasteiger partial charge on any atom is -0.420 e. The second-order valence-electron chi connectivity index (χ2n) is 12.9. The first-order valence-electron chi connectivity index (χ1n) is 17.8. The summed E-state index contributed by atoms with van der Waals surface area (Å²) < 4.78 is 40.3. The molecule has 1 fully saturated rings. The number of amides is 2. The van der Waals surface area contributed by atoms with E-state index in [9.17, 15) is 28.0 Å². The number of aromatic nitrogens is 1. The fourth-order valence-electron chi connectivity index (χ4n) is 6.18. The van der Waals surface area contributed by atoms with Crippen molar-refractivity contribution in [3.05, 3.63) is 63.1 Å². The van der Waals surface area contributed by atoms with Crippen molar-refractivity contribution < 1.29 is 32.6 Å². The van der Waals surface area contributed by atoms with Crippen molar-refractivity contribution >= 4 is 17.8 Å². The molecule has 266 valence electrons. The molecule has 2 atom stereocenters. The van der Waals surface area contributed by atoms with E-state index < -0.39 is 46.8 Å². The molecule has 2 aromatic rings. The van der Waals surface area contributed by atoms with Crippen LogP contribution in [0.1, 0.15) is 137 Å². The molecule has 2 amide bonds. The molecule has 11 heteroatoms. The number of esters is 1.